The van der Waals surface area contributed by atoms with Crippen molar-refractivity contribution in [3.05, 3.63) is 60.2 Å². The van der Waals surface area contributed by atoms with Crippen LogP contribution in [0, 0.1) is 0 Å². The van der Waals surface area contributed by atoms with Gasteiger partial charge in [0.05, 0.1) is 6.10 Å². The number of rotatable bonds is 16. The van der Waals surface area contributed by atoms with Gasteiger partial charge in [-0.15, -0.1) is 0 Å². The highest BCUT2D eigenvalue weighted by molar-refractivity contribution is 6.09. The number of aliphatic hydroxyl groups is 1. The van der Waals surface area contributed by atoms with Crippen LogP contribution in [0.5, 0.6) is 0 Å². The van der Waals surface area contributed by atoms with Crippen molar-refractivity contribution in [3.8, 4) is 0 Å². The zero-order valence-electron chi connectivity index (χ0n) is 21.1. The summed E-state index contributed by atoms with van der Waals surface area (Å²) in [5.41, 5.74) is 1.09. The molecule has 3 rings (SSSR count). The monoisotopic (exact) mass is 447 g/mol. The largest absolute Gasteiger partial charge is 0.388 e. The Bertz CT molecular complexity index is 942. The van der Waals surface area contributed by atoms with Crippen LogP contribution in [0.25, 0.3) is 21.5 Å². The first-order chi connectivity index (χ1) is 16.2. The van der Waals surface area contributed by atoms with E-state index in [1.54, 1.807) is 0 Å². The second kappa shape index (κ2) is 14.4. The number of hydrogen-bond acceptors (Lipinski definition) is 2. The highest BCUT2D eigenvalue weighted by Crippen LogP contribution is 2.33. The first-order valence-corrected chi connectivity index (χ1v) is 13.6. The van der Waals surface area contributed by atoms with Crippen molar-refractivity contribution in [2.24, 2.45) is 0 Å². The number of hydrogen-bond donors (Lipinski definition) is 1. The molecule has 0 aliphatic rings. The number of unbranched alkanes of at least 4 members (excludes halogenated alkanes) is 7. The molecule has 0 spiro atoms. The van der Waals surface area contributed by atoms with Crippen molar-refractivity contribution in [1.82, 2.24) is 4.90 Å². The predicted octanol–water partition coefficient (Wildman–Crippen LogP) is 8.66. The maximum absolute atomic E-state index is 11.0. The van der Waals surface area contributed by atoms with Crippen molar-refractivity contribution in [3.63, 3.8) is 0 Å². The molecule has 0 fully saturated rings. The average molecular weight is 448 g/mol. The van der Waals surface area contributed by atoms with Gasteiger partial charge in [-0.2, -0.15) is 0 Å². The lowest BCUT2D eigenvalue weighted by Crippen LogP contribution is -2.27. The third-order valence-corrected chi connectivity index (χ3v) is 7.02. The van der Waals surface area contributed by atoms with Gasteiger partial charge >= 0.3 is 0 Å². The molecule has 2 nitrogen and oxygen atoms in total. The minimum Gasteiger partial charge on any atom is -0.388 e. The van der Waals surface area contributed by atoms with Crippen LogP contribution in [-0.4, -0.2) is 29.6 Å². The summed E-state index contributed by atoms with van der Waals surface area (Å²) in [4.78, 5) is 2.68. The van der Waals surface area contributed by atoms with Crippen LogP contribution in [0.3, 0.4) is 0 Å². The Balaban J connectivity index is 1.40. The van der Waals surface area contributed by atoms with Gasteiger partial charge in [0.1, 0.15) is 0 Å². The van der Waals surface area contributed by atoms with Crippen molar-refractivity contribution in [1.29, 1.82) is 0 Å². The molecule has 33 heavy (non-hydrogen) atoms. The summed E-state index contributed by atoms with van der Waals surface area (Å²) in [5, 5.41) is 15.9. The molecule has 0 radical (unpaired) electrons. The fraction of sp³-hybridized carbons (Fsp3) is 0.548. The summed E-state index contributed by atoms with van der Waals surface area (Å²) in [6, 6.07) is 19.2. The average Bonchev–Trinajstić information content (AvgIpc) is 2.86. The van der Waals surface area contributed by atoms with E-state index >= 15 is 0 Å². The molecule has 1 N–H and O–H groups in total. The first-order valence-electron chi connectivity index (χ1n) is 13.6. The van der Waals surface area contributed by atoms with Crippen LogP contribution in [0.4, 0.5) is 0 Å². The molecule has 0 unspecified atom stereocenters. The van der Waals surface area contributed by atoms with E-state index in [1.165, 1.54) is 99.0 Å². The van der Waals surface area contributed by atoms with Gasteiger partial charge in [-0.05, 0) is 78.5 Å². The molecule has 0 amide bonds. The minimum absolute atomic E-state index is 0.384. The zero-order chi connectivity index (χ0) is 23.3. The van der Waals surface area contributed by atoms with Crippen molar-refractivity contribution in [2.45, 2.75) is 90.6 Å². The first kappa shape index (κ1) is 25.7. The number of benzene rings is 3. The summed E-state index contributed by atoms with van der Waals surface area (Å²) in [7, 11) is 0. The SMILES string of the molecule is CCCCN(CCCC)CCCCCCCC[C@@H](O)c1cc2ccccc2c2ccccc12. The lowest BCUT2D eigenvalue weighted by Gasteiger charge is -2.21. The summed E-state index contributed by atoms with van der Waals surface area (Å²) in [6.45, 7) is 8.40. The molecule has 3 aromatic rings. The van der Waals surface area contributed by atoms with Gasteiger partial charge in [0.25, 0.3) is 0 Å². The van der Waals surface area contributed by atoms with E-state index in [9.17, 15) is 5.11 Å². The normalized spacial score (nSPS) is 12.7. The van der Waals surface area contributed by atoms with Gasteiger partial charge in [0.2, 0.25) is 0 Å². The van der Waals surface area contributed by atoms with Gasteiger partial charge in [-0.25, -0.2) is 0 Å². The molecular weight excluding hydrogens is 402 g/mol. The molecule has 0 aliphatic carbocycles. The lowest BCUT2D eigenvalue weighted by atomic mass is 9.92. The van der Waals surface area contributed by atoms with Gasteiger partial charge < -0.3 is 10.0 Å². The van der Waals surface area contributed by atoms with E-state index in [0.717, 1.165) is 18.4 Å². The highest BCUT2D eigenvalue weighted by atomic mass is 16.3. The van der Waals surface area contributed by atoms with Gasteiger partial charge in [-0.1, -0.05) is 107 Å². The maximum atomic E-state index is 11.0. The summed E-state index contributed by atoms with van der Waals surface area (Å²) in [6.07, 6.45) is 13.3. The Morgan fingerprint density at radius 2 is 1.18 bits per heavy atom. The molecule has 180 valence electrons. The van der Waals surface area contributed by atoms with Crippen LogP contribution < -0.4 is 0 Å². The van der Waals surface area contributed by atoms with E-state index in [-0.39, 0.29) is 6.10 Å². The highest BCUT2D eigenvalue weighted by Gasteiger charge is 2.13. The van der Waals surface area contributed by atoms with Gasteiger partial charge in [0.15, 0.2) is 0 Å². The lowest BCUT2D eigenvalue weighted by molar-refractivity contribution is 0.165. The van der Waals surface area contributed by atoms with Crippen molar-refractivity contribution < 1.29 is 5.11 Å². The molecule has 2 heteroatoms. The zero-order valence-corrected chi connectivity index (χ0v) is 21.1. The minimum atomic E-state index is -0.384. The molecular formula is C31H45NO. The van der Waals surface area contributed by atoms with E-state index in [0.29, 0.717) is 0 Å². The molecule has 0 saturated heterocycles. The summed E-state index contributed by atoms with van der Waals surface area (Å²) in [5.74, 6) is 0. The van der Waals surface area contributed by atoms with Crippen molar-refractivity contribution in [2.75, 3.05) is 19.6 Å². The second-order valence-electron chi connectivity index (χ2n) is 9.71. The van der Waals surface area contributed by atoms with E-state index in [4.69, 9.17) is 0 Å². The van der Waals surface area contributed by atoms with Crippen LogP contribution in [0.1, 0.15) is 96.1 Å². The molecule has 0 saturated carbocycles. The number of nitrogens with zero attached hydrogens (tertiary/aromatic N) is 1. The molecule has 0 heterocycles. The van der Waals surface area contributed by atoms with Gasteiger partial charge in [-0.3, -0.25) is 0 Å². The third kappa shape index (κ3) is 7.83. The summed E-state index contributed by atoms with van der Waals surface area (Å²) < 4.78 is 0. The van der Waals surface area contributed by atoms with Crippen LogP contribution in [0.15, 0.2) is 54.6 Å². The fourth-order valence-corrected chi connectivity index (χ4v) is 4.99. The third-order valence-electron chi connectivity index (χ3n) is 7.02. The smallest absolute Gasteiger partial charge is 0.0796 e. The van der Waals surface area contributed by atoms with Crippen LogP contribution in [-0.2, 0) is 0 Å². The molecule has 0 bridgehead atoms. The van der Waals surface area contributed by atoms with E-state index in [1.807, 2.05) is 0 Å². The van der Waals surface area contributed by atoms with Crippen molar-refractivity contribution >= 4 is 21.5 Å². The van der Waals surface area contributed by atoms with Crippen LogP contribution in [0.2, 0.25) is 0 Å². The topological polar surface area (TPSA) is 23.5 Å². The number of fused-ring (bicyclic) bond motifs is 3. The van der Waals surface area contributed by atoms with E-state index in [2.05, 4.69) is 73.3 Å². The Kier molecular flexibility index (Phi) is 11.2. The summed E-state index contributed by atoms with van der Waals surface area (Å²) >= 11 is 0. The molecule has 0 aliphatic heterocycles. The quantitative estimate of drug-likeness (QED) is 0.175. The van der Waals surface area contributed by atoms with E-state index < -0.39 is 0 Å². The fourth-order valence-electron chi connectivity index (χ4n) is 4.99. The second-order valence-corrected chi connectivity index (χ2v) is 9.71. The standard InChI is InChI=1S/C31H45NO/c1-3-5-22-32(23-6-4-2)24-16-10-8-7-9-11-21-31(33)30-25-26-17-12-13-18-27(26)28-19-14-15-20-29(28)30/h12-15,17-20,25,31,33H,3-11,16,21-24H2,1-2H3/t31-/m1/s1. The molecule has 0 aromatic heterocycles. The maximum Gasteiger partial charge on any atom is 0.0796 e. The Labute approximate surface area is 202 Å². The predicted molar refractivity (Wildman–Crippen MR) is 145 cm³/mol. The Hall–Kier alpha value is -1.90. The molecule has 1 atom stereocenters. The Morgan fingerprint density at radius 1 is 0.636 bits per heavy atom. The Morgan fingerprint density at radius 3 is 1.88 bits per heavy atom. The van der Waals surface area contributed by atoms with Crippen LogP contribution >= 0.6 is 0 Å². The van der Waals surface area contributed by atoms with Gasteiger partial charge in [0, 0.05) is 0 Å². The number of aliphatic hydroxyl groups excluding tert-OH is 1. The molecule has 3 aromatic carbocycles.